The molecule has 1 amide bonds. The minimum Gasteiger partial charge on any atom is -0.317 e. The van der Waals surface area contributed by atoms with Gasteiger partial charge in [0.25, 0.3) is 0 Å². The number of piperidine rings is 1. The third-order valence-corrected chi connectivity index (χ3v) is 4.62. The third-order valence-electron chi connectivity index (χ3n) is 4.62. The summed E-state index contributed by atoms with van der Waals surface area (Å²) in [5, 5.41) is 6.39. The van der Waals surface area contributed by atoms with Gasteiger partial charge in [-0.1, -0.05) is 13.8 Å². The lowest BCUT2D eigenvalue weighted by Gasteiger charge is -2.23. The van der Waals surface area contributed by atoms with Gasteiger partial charge in [0, 0.05) is 24.9 Å². The number of imidazole rings is 1. The molecule has 1 saturated carbocycles. The van der Waals surface area contributed by atoms with E-state index in [1.165, 1.54) is 0 Å². The molecule has 1 saturated heterocycles. The summed E-state index contributed by atoms with van der Waals surface area (Å²) in [4.78, 5) is 16.7. The van der Waals surface area contributed by atoms with Crippen LogP contribution >= 0.6 is 12.4 Å². The molecule has 0 bridgehead atoms. The maximum atomic E-state index is 12.4. The molecule has 5 nitrogen and oxygen atoms in total. The number of nitrogens with zero attached hydrogens (tertiary/aromatic N) is 2. The molecule has 3 rings (SSSR count). The SMILES string of the molecule is CC(C)Cn1ccnc1NC(=O)C1CC12CCNCC2.Cl. The van der Waals surface area contributed by atoms with Crippen LogP contribution in [0.25, 0.3) is 0 Å². The molecule has 1 aromatic rings. The van der Waals surface area contributed by atoms with Crippen LogP contribution in [0, 0.1) is 17.3 Å². The van der Waals surface area contributed by atoms with Gasteiger partial charge in [-0.3, -0.25) is 10.1 Å². The first-order chi connectivity index (χ1) is 9.61. The van der Waals surface area contributed by atoms with Gasteiger partial charge in [-0.15, -0.1) is 12.4 Å². The number of rotatable bonds is 4. The van der Waals surface area contributed by atoms with Crippen molar-refractivity contribution in [3.8, 4) is 0 Å². The Morgan fingerprint density at radius 2 is 2.24 bits per heavy atom. The summed E-state index contributed by atoms with van der Waals surface area (Å²) in [5.41, 5.74) is 0.283. The first kappa shape index (κ1) is 16.3. The van der Waals surface area contributed by atoms with Gasteiger partial charge in [-0.05, 0) is 43.7 Å². The molecule has 0 radical (unpaired) electrons. The van der Waals surface area contributed by atoms with Crippen LogP contribution in [-0.4, -0.2) is 28.5 Å². The molecule has 1 aliphatic carbocycles. The van der Waals surface area contributed by atoms with Crippen molar-refractivity contribution in [1.82, 2.24) is 14.9 Å². The number of carbonyl (C=O) groups is 1. The highest BCUT2D eigenvalue weighted by Gasteiger charge is 2.57. The first-order valence-corrected chi connectivity index (χ1v) is 7.63. The van der Waals surface area contributed by atoms with E-state index >= 15 is 0 Å². The number of halogens is 1. The second-order valence-electron chi connectivity index (χ2n) is 6.66. The zero-order chi connectivity index (χ0) is 14.2. The number of hydrogen-bond donors (Lipinski definition) is 2. The number of nitrogens with one attached hydrogen (secondary N) is 2. The summed E-state index contributed by atoms with van der Waals surface area (Å²) in [6.07, 6.45) is 7.00. The second-order valence-corrected chi connectivity index (χ2v) is 6.66. The van der Waals surface area contributed by atoms with Gasteiger partial charge >= 0.3 is 0 Å². The molecule has 1 spiro atoms. The summed E-state index contributed by atoms with van der Waals surface area (Å²) in [5.74, 6) is 1.58. The average molecular weight is 313 g/mol. The van der Waals surface area contributed by atoms with E-state index in [1.54, 1.807) is 6.20 Å². The molecule has 2 fully saturated rings. The van der Waals surface area contributed by atoms with E-state index in [0.717, 1.165) is 38.9 Å². The second kappa shape index (κ2) is 6.36. The zero-order valence-electron chi connectivity index (χ0n) is 12.8. The van der Waals surface area contributed by atoms with Crippen LogP contribution in [0.3, 0.4) is 0 Å². The van der Waals surface area contributed by atoms with Gasteiger partial charge in [0.05, 0.1) is 0 Å². The fraction of sp³-hybridized carbons (Fsp3) is 0.733. The van der Waals surface area contributed by atoms with Crippen molar-refractivity contribution in [2.45, 2.75) is 39.7 Å². The highest BCUT2D eigenvalue weighted by molar-refractivity contribution is 5.93. The van der Waals surface area contributed by atoms with Gasteiger partial charge in [0.15, 0.2) is 0 Å². The average Bonchev–Trinajstić information content (AvgIpc) is 2.93. The van der Waals surface area contributed by atoms with Crippen molar-refractivity contribution < 1.29 is 4.79 Å². The molecule has 6 heteroatoms. The van der Waals surface area contributed by atoms with Crippen molar-refractivity contribution in [3.63, 3.8) is 0 Å². The van der Waals surface area contributed by atoms with Crippen LogP contribution in [-0.2, 0) is 11.3 Å². The molecular weight excluding hydrogens is 288 g/mol. The van der Waals surface area contributed by atoms with E-state index in [9.17, 15) is 4.79 Å². The van der Waals surface area contributed by atoms with Crippen molar-refractivity contribution in [1.29, 1.82) is 0 Å². The lowest BCUT2D eigenvalue weighted by Crippen LogP contribution is -2.32. The third kappa shape index (κ3) is 3.40. The van der Waals surface area contributed by atoms with Crippen molar-refractivity contribution in [3.05, 3.63) is 12.4 Å². The highest BCUT2D eigenvalue weighted by Crippen LogP contribution is 2.58. The van der Waals surface area contributed by atoms with Gasteiger partial charge in [0.1, 0.15) is 0 Å². The van der Waals surface area contributed by atoms with Crippen LogP contribution in [0.1, 0.15) is 33.1 Å². The van der Waals surface area contributed by atoms with Gasteiger partial charge in [-0.25, -0.2) is 4.98 Å². The van der Waals surface area contributed by atoms with Gasteiger partial charge in [-0.2, -0.15) is 0 Å². The maximum absolute atomic E-state index is 12.4. The molecule has 118 valence electrons. The molecule has 2 N–H and O–H groups in total. The lowest BCUT2D eigenvalue weighted by molar-refractivity contribution is -0.118. The summed E-state index contributed by atoms with van der Waals surface area (Å²) < 4.78 is 2.03. The van der Waals surface area contributed by atoms with Crippen molar-refractivity contribution >= 4 is 24.3 Å². The Balaban J connectivity index is 0.00000161. The molecule has 1 atom stereocenters. The molecule has 1 aliphatic heterocycles. The van der Waals surface area contributed by atoms with Crippen LogP contribution in [0.4, 0.5) is 5.95 Å². The quantitative estimate of drug-likeness (QED) is 0.897. The molecule has 0 aromatic carbocycles. The van der Waals surface area contributed by atoms with Crippen LogP contribution in [0.2, 0.25) is 0 Å². The predicted molar refractivity (Wildman–Crippen MR) is 85.6 cm³/mol. The summed E-state index contributed by atoms with van der Waals surface area (Å²) in [7, 11) is 0. The predicted octanol–water partition coefficient (Wildman–Crippen LogP) is 2.29. The molecular formula is C15H25ClN4O. The van der Waals surface area contributed by atoms with E-state index < -0.39 is 0 Å². The zero-order valence-corrected chi connectivity index (χ0v) is 13.6. The largest absolute Gasteiger partial charge is 0.317 e. The Hall–Kier alpha value is -1.07. The van der Waals surface area contributed by atoms with E-state index in [4.69, 9.17) is 0 Å². The van der Waals surface area contributed by atoms with E-state index in [1.807, 2.05) is 10.8 Å². The number of anilines is 1. The minimum atomic E-state index is 0. The number of carbonyl (C=O) groups excluding carboxylic acids is 1. The Morgan fingerprint density at radius 1 is 1.52 bits per heavy atom. The summed E-state index contributed by atoms with van der Waals surface area (Å²) >= 11 is 0. The lowest BCUT2D eigenvalue weighted by atomic mass is 9.92. The highest BCUT2D eigenvalue weighted by atomic mass is 35.5. The molecule has 2 aliphatic rings. The monoisotopic (exact) mass is 312 g/mol. The normalized spacial score (nSPS) is 22.9. The van der Waals surface area contributed by atoms with Crippen LogP contribution in [0.15, 0.2) is 12.4 Å². The Morgan fingerprint density at radius 3 is 2.90 bits per heavy atom. The van der Waals surface area contributed by atoms with Crippen molar-refractivity contribution in [2.75, 3.05) is 18.4 Å². The number of hydrogen-bond acceptors (Lipinski definition) is 3. The van der Waals surface area contributed by atoms with Gasteiger partial charge < -0.3 is 9.88 Å². The van der Waals surface area contributed by atoms with E-state index in [0.29, 0.717) is 11.9 Å². The van der Waals surface area contributed by atoms with E-state index in [-0.39, 0.29) is 29.6 Å². The fourth-order valence-corrected chi connectivity index (χ4v) is 3.37. The summed E-state index contributed by atoms with van der Waals surface area (Å²) in [6, 6.07) is 0. The smallest absolute Gasteiger partial charge is 0.230 e. The molecule has 21 heavy (non-hydrogen) atoms. The number of aromatic nitrogens is 2. The molecule has 2 heterocycles. The van der Waals surface area contributed by atoms with Gasteiger partial charge in [0.2, 0.25) is 11.9 Å². The molecule has 1 aromatic heterocycles. The van der Waals surface area contributed by atoms with E-state index in [2.05, 4.69) is 29.5 Å². The first-order valence-electron chi connectivity index (χ1n) is 7.63. The number of amides is 1. The standard InChI is InChI=1S/C15H24N4O.ClH/c1-11(2)10-19-8-7-17-14(19)18-13(20)12-9-15(12)3-5-16-6-4-15;/h7-8,11-12,16H,3-6,9-10H2,1-2H3,(H,17,18,20);1H. The van der Waals surface area contributed by atoms with Crippen LogP contribution < -0.4 is 10.6 Å². The molecule has 1 unspecified atom stereocenters. The van der Waals surface area contributed by atoms with Crippen molar-refractivity contribution in [2.24, 2.45) is 17.3 Å². The fourth-order valence-electron chi connectivity index (χ4n) is 3.37. The minimum absolute atomic E-state index is 0. The Labute approximate surface area is 132 Å². The summed E-state index contributed by atoms with van der Waals surface area (Å²) in [6.45, 7) is 7.31. The van der Waals surface area contributed by atoms with Crippen LogP contribution in [0.5, 0.6) is 0 Å². The Kier molecular flexibility index (Phi) is 4.94. The Bertz CT molecular complexity index is 494. The topological polar surface area (TPSA) is 59.0 Å². The maximum Gasteiger partial charge on any atom is 0.230 e.